The first kappa shape index (κ1) is 14.8. The summed E-state index contributed by atoms with van der Waals surface area (Å²) in [5, 5.41) is 6.86. The van der Waals surface area contributed by atoms with E-state index in [1.54, 1.807) is 17.9 Å². The van der Waals surface area contributed by atoms with E-state index in [0.29, 0.717) is 17.4 Å². The molecule has 0 amide bonds. The third kappa shape index (κ3) is 3.72. The van der Waals surface area contributed by atoms with Crippen LogP contribution in [0.2, 0.25) is 0 Å². The molecule has 0 unspecified atom stereocenters. The Balaban J connectivity index is 2.06. The molecule has 0 radical (unpaired) electrons. The monoisotopic (exact) mass is 348 g/mol. The summed E-state index contributed by atoms with van der Waals surface area (Å²) in [5.74, 6) is -0.170. The Labute approximate surface area is 122 Å². The van der Waals surface area contributed by atoms with Crippen molar-refractivity contribution in [2.24, 2.45) is 7.05 Å². The van der Waals surface area contributed by atoms with Gasteiger partial charge in [-0.05, 0) is 28.1 Å². The number of rotatable bonds is 4. The third-order valence-electron chi connectivity index (χ3n) is 2.60. The van der Waals surface area contributed by atoms with Crippen LogP contribution < -0.4 is 5.32 Å². The van der Waals surface area contributed by atoms with Gasteiger partial charge in [0.05, 0.1) is 11.3 Å². The van der Waals surface area contributed by atoms with E-state index in [2.05, 4.69) is 31.3 Å². The minimum absolute atomic E-state index is 0.170. The highest BCUT2D eigenvalue weighted by atomic mass is 79.9. The zero-order valence-corrected chi connectivity index (χ0v) is 12.2. The molecule has 0 bridgehead atoms. The van der Waals surface area contributed by atoms with Crippen molar-refractivity contribution in [3.05, 3.63) is 40.3 Å². The Morgan fingerprint density at radius 2 is 2.15 bits per heavy atom. The minimum Gasteiger partial charge on any atom is -0.369 e. The number of aromatic nitrogens is 3. The summed E-state index contributed by atoms with van der Waals surface area (Å²) in [7, 11) is 1.79. The molecule has 0 fully saturated rings. The van der Waals surface area contributed by atoms with Crippen molar-refractivity contribution in [3.63, 3.8) is 0 Å². The Hall–Kier alpha value is -1.57. The summed E-state index contributed by atoms with van der Waals surface area (Å²) in [6.07, 6.45) is -0.799. The fourth-order valence-electron chi connectivity index (χ4n) is 1.70. The lowest BCUT2D eigenvalue weighted by atomic mass is 10.2. The number of alkyl halides is 3. The highest BCUT2D eigenvalue weighted by Gasteiger charge is 2.34. The van der Waals surface area contributed by atoms with Crippen LogP contribution in [0.25, 0.3) is 0 Å². The summed E-state index contributed by atoms with van der Waals surface area (Å²) in [6, 6.07) is 2.83. The van der Waals surface area contributed by atoms with Crippen molar-refractivity contribution < 1.29 is 13.2 Å². The molecule has 0 aliphatic rings. The number of halogens is 4. The van der Waals surface area contributed by atoms with E-state index in [0.717, 1.165) is 11.8 Å². The Kier molecular flexibility index (Phi) is 4.32. The van der Waals surface area contributed by atoms with Crippen LogP contribution in [-0.4, -0.2) is 21.3 Å². The van der Waals surface area contributed by atoms with Gasteiger partial charge in [-0.3, -0.25) is 4.68 Å². The Morgan fingerprint density at radius 1 is 1.40 bits per heavy atom. The molecule has 2 aromatic rings. The molecule has 0 aliphatic carbocycles. The lowest BCUT2D eigenvalue weighted by Crippen LogP contribution is -2.14. The van der Waals surface area contributed by atoms with Gasteiger partial charge in [-0.2, -0.15) is 18.3 Å². The Morgan fingerprint density at radius 3 is 2.75 bits per heavy atom. The van der Waals surface area contributed by atoms with Gasteiger partial charge in [0.1, 0.15) is 5.82 Å². The van der Waals surface area contributed by atoms with Crippen LogP contribution in [0.15, 0.2) is 29.0 Å². The number of aryl methyl sites for hydroxylation is 1. The molecule has 4 nitrogen and oxygen atoms in total. The SMILES string of the molecule is Cn1ccc(CCNc2ncc(Br)cc2C(F)(F)F)n1. The highest BCUT2D eigenvalue weighted by Crippen LogP contribution is 2.35. The molecular weight excluding hydrogens is 337 g/mol. The summed E-state index contributed by atoms with van der Waals surface area (Å²) in [5.41, 5.74) is 0.0265. The molecule has 0 atom stereocenters. The molecule has 2 heterocycles. The first-order chi connectivity index (χ1) is 9.36. The maximum atomic E-state index is 12.9. The summed E-state index contributed by atoms with van der Waals surface area (Å²) < 4.78 is 40.5. The standard InChI is InChI=1S/C12H12BrF3N4/c1-20-5-3-9(19-20)2-4-17-11-10(12(14,15)16)6-8(13)7-18-11/h3,5-7H,2,4H2,1H3,(H,17,18). The number of nitrogens with one attached hydrogen (secondary N) is 1. The molecule has 0 spiro atoms. The van der Waals surface area contributed by atoms with Crippen LogP contribution in [0.4, 0.5) is 19.0 Å². The van der Waals surface area contributed by atoms with Crippen LogP contribution in [0.5, 0.6) is 0 Å². The van der Waals surface area contributed by atoms with E-state index < -0.39 is 11.7 Å². The van der Waals surface area contributed by atoms with Gasteiger partial charge in [0.15, 0.2) is 0 Å². The second-order valence-electron chi connectivity index (χ2n) is 4.20. The second-order valence-corrected chi connectivity index (χ2v) is 5.12. The first-order valence-corrected chi connectivity index (χ1v) is 6.60. The quantitative estimate of drug-likeness (QED) is 0.922. The molecule has 8 heteroatoms. The zero-order valence-electron chi connectivity index (χ0n) is 10.6. The van der Waals surface area contributed by atoms with E-state index in [-0.39, 0.29) is 5.82 Å². The lowest BCUT2D eigenvalue weighted by Gasteiger charge is -2.13. The van der Waals surface area contributed by atoms with Gasteiger partial charge in [0.2, 0.25) is 0 Å². The average molecular weight is 349 g/mol. The van der Waals surface area contributed by atoms with Crippen molar-refractivity contribution in [1.29, 1.82) is 0 Å². The number of pyridine rings is 1. The van der Waals surface area contributed by atoms with Crippen LogP contribution in [-0.2, 0) is 19.6 Å². The summed E-state index contributed by atoms with van der Waals surface area (Å²) in [4.78, 5) is 3.78. The molecule has 1 N–H and O–H groups in total. The molecule has 20 heavy (non-hydrogen) atoms. The van der Waals surface area contributed by atoms with Crippen LogP contribution in [0, 0.1) is 0 Å². The molecule has 0 saturated carbocycles. The largest absolute Gasteiger partial charge is 0.419 e. The zero-order chi connectivity index (χ0) is 14.8. The van der Waals surface area contributed by atoms with Gasteiger partial charge < -0.3 is 5.32 Å². The molecule has 108 valence electrons. The number of hydrogen-bond donors (Lipinski definition) is 1. The molecule has 0 aliphatic heterocycles. The normalized spacial score (nSPS) is 11.7. The van der Waals surface area contributed by atoms with Crippen molar-refractivity contribution in [1.82, 2.24) is 14.8 Å². The number of hydrogen-bond acceptors (Lipinski definition) is 3. The fraction of sp³-hybridized carbons (Fsp3) is 0.333. The Bertz CT molecular complexity index is 595. The molecular formula is C12H12BrF3N4. The minimum atomic E-state index is -4.44. The van der Waals surface area contributed by atoms with E-state index in [1.165, 1.54) is 6.20 Å². The highest BCUT2D eigenvalue weighted by molar-refractivity contribution is 9.10. The van der Waals surface area contributed by atoms with E-state index in [1.807, 2.05) is 6.07 Å². The van der Waals surface area contributed by atoms with Gasteiger partial charge in [-0.1, -0.05) is 0 Å². The van der Waals surface area contributed by atoms with Crippen molar-refractivity contribution >= 4 is 21.7 Å². The molecule has 2 aromatic heterocycles. The maximum Gasteiger partial charge on any atom is 0.419 e. The van der Waals surface area contributed by atoms with Crippen molar-refractivity contribution in [2.75, 3.05) is 11.9 Å². The third-order valence-corrected chi connectivity index (χ3v) is 3.04. The smallest absolute Gasteiger partial charge is 0.369 e. The van der Waals surface area contributed by atoms with E-state index in [9.17, 15) is 13.2 Å². The van der Waals surface area contributed by atoms with Gasteiger partial charge in [-0.25, -0.2) is 4.98 Å². The van der Waals surface area contributed by atoms with Crippen molar-refractivity contribution in [2.45, 2.75) is 12.6 Å². The summed E-state index contributed by atoms with van der Waals surface area (Å²) >= 11 is 2.99. The predicted molar refractivity (Wildman–Crippen MR) is 72.3 cm³/mol. The number of nitrogens with zero attached hydrogens (tertiary/aromatic N) is 3. The van der Waals surface area contributed by atoms with Crippen LogP contribution in [0.3, 0.4) is 0 Å². The van der Waals surface area contributed by atoms with Gasteiger partial charge in [0.25, 0.3) is 0 Å². The first-order valence-electron chi connectivity index (χ1n) is 5.81. The second kappa shape index (κ2) is 5.82. The van der Waals surface area contributed by atoms with Crippen LogP contribution in [0.1, 0.15) is 11.3 Å². The predicted octanol–water partition coefficient (Wildman–Crippen LogP) is 3.25. The maximum absolute atomic E-state index is 12.9. The average Bonchev–Trinajstić information content (AvgIpc) is 2.76. The molecule has 0 saturated heterocycles. The van der Waals surface area contributed by atoms with E-state index >= 15 is 0 Å². The van der Waals surface area contributed by atoms with E-state index in [4.69, 9.17) is 0 Å². The van der Waals surface area contributed by atoms with Crippen molar-refractivity contribution in [3.8, 4) is 0 Å². The van der Waals surface area contributed by atoms with Gasteiger partial charge >= 0.3 is 6.18 Å². The number of anilines is 1. The van der Waals surface area contributed by atoms with Crippen LogP contribution >= 0.6 is 15.9 Å². The van der Waals surface area contributed by atoms with Gasteiger partial charge in [-0.15, -0.1) is 0 Å². The summed E-state index contributed by atoms with van der Waals surface area (Å²) in [6.45, 7) is 0.328. The topological polar surface area (TPSA) is 42.7 Å². The molecule has 0 aromatic carbocycles. The molecule has 2 rings (SSSR count). The van der Waals surface area contributed by atoms with Gasteiger partial charge in [0, 0.05) is 36.9 Å². The fourth-order valence-corrected chi connectivity index (χ4v) is 2.03. The lowest BCUT2D eigenvalue weighted by molar-refractivity contribution is -0.137.